The van der Waals surface area contributed by atoms with E-state index in [-0.39, 0.29) is 0 Å². The molecule has 6 nitrogen and oxygen atoms in total. The van der Waals surface area contributed by atoms with E-state index in [1.54, 1.807) is 10.8 Å². The van der Waals surface area contributed by atoms with E-state index in [9.17, 15) is 0 Å². The molecule has 1 saturated heterocycles. The van der Waals surface area contributed by atoms with E-state index in [4.69, 9.17) is 0 Å². The van der Waals surface area contributed by atoms with Gasteiger partial charge in [0.25, 0.3) is 0 Å². The molecule has 1 saturated carbocycles. The maximum Gasteiger partial charge on any atom is 0.200 e. The Morgan fingerprint density at radius 2 is 1.96 bits per heavy atom. The normalized spacial score (nSPS) is 20.9. The second-order valence-corrected chi connectivity index (χ2v) is 7.43. The Morgan fingerprint density at radius 3 is 2.75 bits per heavy atom. The molecule has 24 heavy (non-hydrogen) atoms. The number of nitrogens with zero attached hydrogens (tertiary/aromatic N) is 5. The quantitative estimate of drug-likeness (QED) is 0.914. The fourth-order valence-corrected chi connectivity index (χ4v) is 4.37. The predicted octanol–water partition coefficient (Wildman–Crippen LogP) is 2.89. The molecular formula is C18H28N6. The third kappa shape index (κ3) is 3.38. The van der Waals surface area contributed by atoms with Crippen LogP contribution in [-0.4, -0.2) is 50.4 Å². The predicted molar refractivity (Wildman–Crippen MR) is 95.2 cm³/mol. The summed E-state index contributed by atoms with van der Waals surface area (Å²) in [5.74, 6) is 0.854. The number of aryl methyl sites for hydroxylation is 1. The Bertz CT molecular complexity index is 667. The van der Waals surface area contributed by atoms with Gasteiger partial charge in [0.2, 0.25) is 5.65 Å². The molecule has 6 heteroatoms. The van der Waals surface area contributed by atoms with Gasteiger partial charge in [-0.1, -0.05) is 12.8 Å². The standard InChI is InChI=1S/C18H28N6/c1-14-12-17(18-21-20-13-24(18)22-14)19-9-6-15-7-10-23(11-8-15)16-4-2-3-5-16/h12-13,15-16,19H,2-11H2,1H3. The molecule has 1 N–H and O–H groups in total. The number of anilines is 1. The summed E-state index contributed by atoms with van der Waals surface area (Å²) < 4.78 is 1.75. The van der Waals surface area contributed by atoms with Gasteiger partial charge in [0.15, 0.2) is 0 Å². The van der Waals surface area contributed by atoms with E-state index >= 15 is 0 Å². The van der Waals surface area contributed by atoms with Crippen LogP contribution >= 0.6 is 0 Å². The minimum Gasteiger partial charge on any atom is -0.382 e. The molecule has 0 atom stereocenters. The Balaban J connectivity index is 1.26. The monoisotopic (exact) mass is 328 g/mol. The van der Waals surface area contributed by atoms with Crippen LogP contribution in [0, 0.1) is 12.8 Å². The van der Waals surface area contributed by atoms with Crippen LogP contribution in [0.5, 0.6) is 0 Å². The molecule has 0 unspecified atom stereocenters. The van der Waals surface area contributed by atoms with Gasteiger partial charge in [-0.15, -0.1) is 10.2 Å². The SMILES string of the molecule is Cc1cc(NCCC2CCN(C3CCCC3)CC2)c2nncn2n1. The van der Waals surface area contributed by atoms with Crippen LogP contribution in [-0.2, 0) is 0 Å². The van der Waals surface area contributed by atoms with Crippen molar-refractivity contribution in [3.8, 4) is 0 Å². The lowest BCUT2D eigenvalue weighted by Crippen LogP contribution is -2.40. The van der Waals surface area contributed by atoms with Crippen LogP contribution in [0.15, 0.2) is 12.4 Å². The van der Waals surface area contributed by atoms with Crippen LogP contribution in [0.1, 0.15) is 50.6 Å². The summed E-state index contributed by atoms with van der Waals surface area (Å²) in [5.41, 5.74) is 2.84. The Labute approximate surface area is 143 Å². The molecule has 2 aliphatic rings. The van der Waals surface area contributed by atoms with Gasteiger partial charge >= 0.3 is 0 Å². The minimum absolute atomic E-state index is 0.816. The van der Waals surface area contributed by atoms with Crippen LogP contribution in [0.4, 0.5) is 5.69 Å². The van der Waals surface area contributed by atoms with Crippen LogP contribution in [0.3, 0.4) is 0 Å². The number of nitrogens with one attached hydrogen (secondary N) is 1. The van der Waals surface area contributed by atoms with Gasteiger partial charge in [-0.2, -0.15) is 9.61 Å². The molecule has 2 aromatic heterocycles. The van der Waals surface area contributed by atoms with Gasteiger partial charge in [0, 0.05) is 12.6 Å². The summed E-state index contributed by atoms with van der Waals surface area (Å²) in [6, 6.07) is 2.96. The summed E-state index contributed by atoms with van der Waals surface area (Å²) in [6.07, 6.45) is 11.4. The second-order valence-electron chi connectivity index (χ2n) is 7.43. The van der Waals surface area contributed by atoms with Gasteiger partial charge in [-0.3, -0.25) is 0 Å². The van der Waals surface area contributed by atoms with E-state index < -0.39 is 0 Å². The summed E-state index contributed by atoms with van der Waals surface area (Å²) in [5, 5.41) is 16.1. The number of aromatic nitrogens is 4. The van der Waals surface area contributed by atoms with E-state index in [0.29, 0.717) is 0 Å². The van der Waals surface area contributed by atoms with E-state index in [1.807, 2.05) is 6.92 Å². The lowest BCUT2D eigenvalue weighted by molar-refractivity contribution is 0.132. The first kappa shape index (κ1) is 15.8. The van der Waals surface area contributed by atoms with Crippen molar-refractivity contribution in [3.05, 3.63) is 18.1 Å². The minimum atomic E-state index is 0.816. The number of fused-ring (bicyclic) bond motifs is 1. The molecule has 3 heterocycles. The Morgan fingerprint density at radius 1 is 1.17 bits per heavy atom. The van der Waals surface area contributed by atoms with Crippen molar-refractivity contribution in [2.45, 2.75) is 57.9 Å². The molecule has 0 spiro atoms. The average Bonchev–Trinajstić information content (AvgIpc) is 3.26. The molecule has 1 aliphatic carbocycles. The first-order chi connectivity index (χ1) is 11.8. The summed E-state index contributed by atoms with van der Waals surface area (Å²) >= 11 is 0. The van der Waals surface area contributed by atoms with Crippen molar-refractivity contribution in [2.24, 2.45) is 5.92 Å². The zero-order valence-electron chi connectivity index (χ0n) is 14.6. The number of hydrogen-bond donors (Lipinski definition) is 1. The smallest absolute Gasteiger partial charge is 0.200 e. The van der Waals surface area contributed by atoms with Crippen molar-refractivity contribution in [1.29, 1.82) is 0 Å². The van der Waals surface area contributed by atoms with Crippen molar-refractivity contribution in [1.82, 2.24) is 24.7 Å². The number of piperidine rings is 1. The Kier molecular flexibility index (Phi) is 4.65. The highest BCUT2D eigenvalue weighted by Crippen LogP contribution is 2.29. The highest BCUT2D eigenvalue weighted by Gasteiger charge is 2.26. The number of likely N-dealkylation sites (tertiary alicyclic amines) is 1. The molecule has 0 bridgehead atoms. The van der Waals surface area contributed by atoms with Gasteiger partial charge in [0.05, 0.1) is 11.4 Å². The number of hydrogen-bond acceptors (Lipinski definition) is 5. The fraction of sp³-hybridized carbons (Fsp3) is 0.722. The van der Waals surface area contributed by atoms with Crippen molar-refractivity contribution in [3.63, 3.8) is 0 Å². The summed E-state index contributed by atoms with van der Waals surface area (Å²) in [7, 11) is 0. The topological polar surface area (TPSA) is 58.3 Å². The summed E-state index contributed by atoms with van der Waals surface area (Å²) in [4.78, 5) is 2.75. The molecule has 0 aromatic carbocycles. The first-order valence-electron chi connectivity index (χ1n) is 9.45. The Hall–Kier alpha value is -1.69. The lowest BCUT2D eigenvalue weighted by atomic mass is 9.92. The third-order valence-electron chi connectivity index (χ3n) is 5.75. The van der Waals surface area contributed by atoms with Gasteiger partial charge in [0.1, 0.15) is 6.33 Å². The third-order valence-corrected chi connectivity index (χ3v) is 5.75. The van der Waals surface area contributed by atoms with Crippen molar-refractivity contribution < 1.29 is 0 Å². The molecule has 2 aromatic rings. The van der Waals surface area contributed by atoms with Crippen LogP contribution in [0.25, 0.3) is 5.65 Å². The van der Waals surface area contributed by atoms with Crippen LogP contribution < -0.4 is 5.32 Å². The number of rotatable bonds is 5. The van der Waals surface area contributed by atoms with E-state index in [0.717, 1.165) is 35.5 Å². The zero-order valence-corrected chi connectivity index (χ0v) is 14.6. The van der Waals surface area contributed by atoms with Crippen molar-refractivity contribution in [2.75, 3.05) is 25.0 Å². The highest BCUT2D eigenvalue weighted by molar-refractivity contribution is 5.66. The van der Waals surface area contributed by atoms with Crippen molar-refractivity contribution >= 4 is 11.3 Å². The maximum absolute atomic E-state index is 4.39. The lowest BCUT2D eigenvalue weighted by Gasteiger charge is -2.36. The van der Waals surface area contributed by atoms with Crippen LogP contribution in [0.2, 0.25) is 0 Å². The molecular weight excluding hydrogens is 300 g/mol. The summed E-state index contributed by atoms with van der Waals surface area (Å²) in [6.45, 7) is 5.61. The molecule has 1 aliphatic heterocycles. The molecule has 4 rings (SSSR count). The fourth-order valence-electron chi connectivity index (χ4n) is 4.37. The van der Waals surface area contributed by atoms with Gasteiger partial charge in [-0.25, -0.2) is 0 Å². The molecule has 0 radical (unpaired) electrons. The highest BCUT2D eigenvalue weighted by atomic mass is 15.3. The molecule has 0 amide bonds. The van der Waals surface area contributed by atoms with E-state index in [1.165, 1.54) is 58.0 Å². The maximum atomic E-state index is 4.39. The second kappa shape index (κ2) is 7.05. The molecule has 130 valence electrons. The largest absolute Gasteiger partial charge is 0.382 e. The van der Waals surface area contributed by atoms with Gasteiger partial charge in [-0.05, 0) is 64.1 Å². The molecule has 2 fully saturated rings. The average molecular weight is 328 g/mol. The zero-order chi connectivity index (χ0) is 16.4. The van der Waals surface area contributed by atoms with E-state index in [2.05, 4.69) is 31.6 Å². The van der Waals surface area contributed by atoms with Gasteiger partial charge < -0.3 is 10.2 Å². The first-order valence-corrected chi connectivity index (χ1v) is 9.45.